The molecule has 0 amide bonds. The van der Waals surface area contributed by atoms with Gasteiger partial charge < -0.3 is 10.5 Å². The number of morpholine rings is 1. The molecule has 1 fully saturated rings. The second kappa shape index (κ2) is 6.27. The highest BCUT2D eigenvalue weighted by Crippen LogP contribution is 2.26. The zero-order valence-electron chi connectivity index (χ0n) is 10.8. The van der Waals surface area contributed by atoms with E-state index >= 15 is 0 Å². The van der Waals surface area contributed by atoms with E-state index in [-0.39, 0.29) is 18.0 Å². The van der Waals surface area contributed by atoms with Gasteiger partial charge in [0.1, 0.15) is 5.82 Å². The van der Waals surface area contributed by atoms with Crippen LogP contribution in [0.2, 0.25) is 0 Å². The van der Waals surface area contributed by atoms with Gasteiger partial charge in [0.25, 0.3) is 0 Å². The molecule has 2 unspecified atom stereocenters. The van der Waals surface area contributed by atoms with Crippen molar-refractivity contribution in [2.24, 2.45) is 5.73 Å². The van der Waals surface area contributed by atoms with Gasteiger partial charge in [0.05, 0.1) is 12.7 Å². The van der Waals surface area contributed by atoms with Gasteiger partial charge in [-0.05, 0) is 24.1 Å². The first-order chi connectivity index (χ1) is 8.74. The molecule has 2 N–H and O–H groups in total. The Morgan fingerprint density at radius 3 is 3.06 bits per heavy atom. The van der Waals surface area contributed by atoms with Crippen LogP contribution in [-0.2, 0) is 4.74 Å². The van der Waals surface area contributed by atoms with Crippen molar-refractivity contribution in [3.63, 3.8) is 0 Å². The van der Waals surface area contributed by atoms with Gasteiger partial charge in [-0.2, -0.15) is 0 Å². The minimum Gasteiger partial charge on any atom is -0.374 e. The third-order valence-electron chi connectivity index (χ3n) is 3.49. The summed E-state index contributed by atoms with van der Waals surface area (Å²) in [5.74, 6) is -0.172. The largest absolute Gasteiger partial charge is 0.374 e. The summed E-state index contributed by atoms with van der Waals surface area (Å²) >= 11 is 0. The molecule has 18 heavy (non-hydrogen) atoms. The van der Waals surface area contributed by atoms with Crippen molar-refractivity contribution in [3.8, 4) is 0 Å². The molecule has 0 aromatic heterocycles. The molecule has 3 nitrogen and oxygen atoms in total. The summed E-state index contributed by atoms with van der Waals surface area (Å²) in [6, 6.07) is 7.12. The second-order valence-electron chi connectivity index (χ2n) is 4.70. The molecule has 1 aliphatic rings. The van der Waals surface area contributed by atoms with E-state index in [1.54, 1.807) is 12.1 Å². The molecule has 0 saturated carbocycles. The maximum Gasteiger partial charge on any atom is 0.123 e. The summed E-state index contributed by atoms with van der Waals surface area (Å²) < 4.78 is 18.9. The molecule has 1 saturated heterocycles. The zero-order chi connectivity index (χ0) is 13.0. The van der Waals surface area contributed by atoms with Crippen LogP contribution in [0.3, 0.4) is 0 Å². The molecule has 2 rings (SSSR count). The van der Waals surface area contributed by atoms with Crippen LogP contribution in [0.4, 0.5) is 4.39 Å². The van der Waals surface area contributed by atoms with Crippen LogP contribution in [0.1, 0.15) is 24.9 Å². The molecule has 1 aliphatic heterocycles. The fourth-order valence-electron chi connectivity index (χ4n) is 2.59. The first-order valence-corrected chi connectivity index (χ1v) is 6.55. The minimum absolute atomic E-state index is 0.0985. The molecule has 0 aliphatic carbocycles. The molecule has 1 aromatic carbocycles. The van der Waals surface area contributed by atoms with Gasteiger partial charge >= 0.3 is 0 Å². The summed E-state index contributed by atoms with van der Waals surface area (Å²) in [7, 11) is 0. The van der Waals surface area contributed by atoms with E-state index in [0.29, 0.717) is 13.2 Å². The quantitative estimate of drug-likeness (QED) is 0.890. The van der Waals surface area contributed by atoms with Crippen molar-refractivity contribution in [2.75, 3.05) is 26.2 Å². The summed E-state index contributed by atoms with van der Waals surface area (Å²) in [6.07, 6.45) is 1.06. The third-order valence-corrected chi connectivity index (χ3v) is 3.49. The van der Waals surface area contributed by atoms with Crippen molar-refractivity contribution >= 4 is 0 Å². The number of nitrogens with zero attached hydrogens (tertiary/aromatic N) is 1. The van der Waals surface area contributed by atoms with Gasteiger partial charge in [0.2, 0.25) is 0 Å². The lowest BCUT2D eigenvalue weighted by atomic mass is 10.0. The van der Waals surface area contributed by atoms with Gasteiger partial charge in [0.15, 0.2) is 0 Å². The monoisotopic (exact) mass is 252 g/mol. The molecule has 0 radical (unpaired) electrons. The Bertz CT molecular complexity index is 386. The molecule has 1 heterocycles. The molecule has 4 heteroatoms. The van der Waals surface area contributed by atoms with Crippen LogP contribution in [0.25, 0.3) is 0 Å². The fraction of sp³-hybridized carbons (Fsp3) is 0.571. The van der Waals surface area contributed by atoms with Crippen molar-refractivity contribution in [3.05, 3.63) is 35.6 Å². The SMILES string of the molecule is CCC(c1cccc(F)c1)N1CCOC(CN)C1. The van der Waals surface area contributed by atoms with Crippen molar-refractivity contribution in [1.29, 1.82) is 0 Å². The molecule has 1 aromatic rings. The lowest BCUT2D eigenvalue weighted by molar-refractivity contribution is -0.0396. The lowest BCUT2D eigenvalue weighted by Gasteiger charge is -2.38. The van der Waals surface area contributed by atoms with Crippen molar-refractivity contribution in [2.45, 2.75) is 25.5 Å². The standard InChI is InChI=1S/C14H21FN2O/c1-2-14(11-4-3-5-12(15)8-11)17-6-7-18-13(9-16)10-17/h3-5,8,13-14H,2,6-7,9-10,16H2,1H3. The molecule has 100 valence electrons. The number of benzene rings is 1. The molecule has 0 bridgehead atoms. The Hall–Kier alpha value is -0.970. The fourth-order valence-corrected chi connectivity index (χ4v) is 2.59. The van der Waals surface area contributed by atoms with Gasteiger partial charge in [-0.3, -0.25) is 4.90 Å². The van der Waals surface area contributed by atoms with Crippen molar-refractivity contribution in [1.82, 2.24) is 4.90 Å². The van der Waals surface area contributed by atoms with E-state index in [9.17, 15) is 4.39 Å². The van der Waals surface area contributed by atoms with Crippen LogP contribution < -0.4 is 5.73 Å². The number of halogens is 1. The smallest absolute Gasteiger partial charge is 0.123 e. The van der Waals surface area contributed by atoms with E-state index in [0.717, 1.165) is 25.1 Å². The second-order valence-corrected chi connectivity index (χ2v) is 4.70. The zero-order valence-corrected chi connectivity index (χ0v) is 10.8. The number of hydrogen-bond acceptors (Lipinski definition) is 3. The molecule has 2 atom stereocenters. The van der Waals surface area contributed by atoms with E-state index in [1.165, 1.54) is 6.07 Å². The van der Waals surface area contributed by atoms with Crippen LogP contribution in [0.15, 0.2) is 24.3 Å². The molecular formula is C14H21FN2O. The molecule has 0 spiro atoms. The predicted octanol–water partition coefficient (Wildman–Crippen LogP) is 1.94. The van der Waals surface area contributed by atoms with Crippen LogP contribution in [0, 0.1) is 5.82 Å². The normalized spacial score (nSPS) is 22.9. The van der Waals surface area contributed by atoms with Crippen molar-refractivity contribution < 1.29 is 9.13 Å². The van der Waals surface area contributed by atoms with Gasteiger partial charge in [-0.25, -0.2) is 4.39 Å². The average molecular weight is 252 g/mol. The summed E-state index contributed by atoms with van der Waals surface area (Å²) in [6.45, 7) is 5.07. The van der Waals surface area contributed by atoms with Gasteiger partial charge in [0, 0.05) is 25.7 Å². The number of nitrogens with two attached hydrogens (primary N) is 1. The van der Waals surface area contributed by atoms with E-state index in [1.807, 2.05) is 6.07 Å². The van der Waals surface area contributed by atoms with Crippen LogP contribution in [0.5, 0.6) is 0 Å². The first-order valence-electron chi connectivity index (χ1n) is 6.55. The number of rotatable bonds is 4. The van der Waals surface area contributed by atoms with E-state index < -0.39 is 0 Å². The Balaban J connectivity index is 2.12. The van der Waals surface area contributed by atoms with Gasteiger partial charge in [-0.15, -0.1) is 0 Å². The van der Waals surface area contributed by atoms with Gasteiger partial charge in [-0.1, -0.05) is 19.1 Å². The van der Waals surface area contributed by atoms with Crippen LogP contribution in [-0.4, -0.2) is 37.2 Å². The topological polar surface area (TPSA) is 38.5 Å². The van der Waals surface area contributed by atoms with Crippen LogP contribution >= 0.6 is 0 Å². The number of hydrogen-bond donors (Lipinski definition) is 1. The highest BCUT2D eigenvalue weighted by Gasteiger charge is 2.25. The van der Waals surface area contributed by atoms with E-state index in [2.05, 4.69) is 11.8 Å². The minimum atomic E-state index is -0.172. The Morgan fingerprint density at radius 1 is 1.56 bits per heavy atom. The average Bonchev–Trinajstić information content (AvgIpc) is 2.40. The van der Waals surface area contributed by atoms with E-state index in [4.69, 9.17) is 10.5 Å². The highest BCUT2D eigenvalue weighted by atomic mass is 19.1. The summed E-state index contributed by atoms with van der Waals surface area (Å²) in [5.41, 5.74) is 6.70. The molecular weight excluding hydrogens is 231 g/mol. The third kappa shape index (κ3) is 3.07. The maximum atomic E-state index is 13.3. The highest BCUT2D eigenvalue weighted by molar-refractivity contribution is 5.20. The Morgan fingerprint density at radius 2 is 2.39 bits per heavy atom. The number of ether oxygens (including phenoxy) is 1. The summed E-state index contributed by atoms with van der Waals surface area (Å²) in [5, 5.41) is 0. The first kappa shape index (κ1) is 13.5. The predicted molar refractivity (Wildman–Crippen MR) is 69.8 cm³/mol. The summed E-state index contributed by atoms with van der Waals surface area (Å²) in [4.78, 5) is 2.34. The Labute approximate surface area is 108 Å². The Kier molecular flexibility index (Phi) is 4.69. The maximum absolute atomic E-state index is 13.3. The lowest BCUT2D eigenvalue weighted by Crippen LogP contribution is -2.46.